The maximum atomic E-state index is 12.1. The first-order valence-corrected chi connectivity index (χ1v) is 9.84. The molecule has 0 atom stereocenters. The number of fused-ring (bicyclic) bond motifs is 1. The molecule has 8 heteroatoms. The summed E-state index contributed by atoms with van der Waals surface area (Å²) in [6, 6.07) is 14.5. The topological polar surface area (TPSA) is 100 Å². The molecule has 0 bridgehead atoms. The quantitative estimate of drug-likeness (QED) is 0.404. The summed E-state index contributed by atoms with van der Waals surface area (Å²) in [5.41, 5.74) is 8.50. The molecule has 0 unspecified atom stereocenters. The smallest absolute Gasteiger partial charge is 0.305 e. The van der Waals surface area contributed by atoms with Crippen molar-refractivity contribution >= 4 is 34.3 Å². The number of nitrogens with zero attached hydrogens (tertiary/aromatic N) is 1. The van der Waals surface area contributed by atoms with Gasteiger partial charge < -0.3 is 9.40 Å². The van der Waals surface area contributed by atoms with Gasteiger partial charge in [-0.2, -0.15) is 0 Å². The Kier molecular flexibility index (Phi) is 5.81. The predicted octanol–water partition coefficient (Wildman–Crippen LogP) is 4.26. The molecule has 30 heavy (non-hydrogen) atoms. The molecule has 3 aromatic heterocycles. The Morgan fingerprint density at radius 3 is 2.77 bits per heavy atom. The van der Waals surface area contributed by atoms with E-state index in [1.807, 2.05) is 36.4 Å². The molecule has 0 fully saturated rings. The van der Waals surface area contributed by atoms with Crippen LogP contribution in [0.3, 0.4) is 0 Å². The molecule has 2 amide bonds. The minimum atomic E-state index is -0.503. The van der Waals surface area contributed by atoms with Crippen LogP contribution in [0, 0.1) is 0 Å². The maximum Gasteiger partial charge on any atom is 0.305 e. The van der Waals surface area contributed by atoms with Crippen molar-refractivity contribution < 1.29 is 14.0 Å². The van der Waals surface area contributed by atoms with Crippen molar-refractivity contribution in [3.05, 3.63) is 77.3 Å². The molecule has 4 rings (SSSR count). The molecule has 0 saturated heterocycles. The lowest BCUT2D eigenvalue weighted by atomic mass is 10.0. The van der Waals surface area contributed by atoms with Crippen molar-refractivity contribution in [3.8, 4) is 11.4 Å². The number of H-pyrrole nitrogens is 1. The van der Waals surface area contributed by atoms with Crippen molar-refractivity contribution in [2.24, 2.45) is 0 Å². The Morgan fingerprint density at radius 1 is 1.10 bits per heavy atom. The standard InChI is InChI=1S/C22H19ClN4O3/c23-14-9-10-17-16(13-14)15(21(25-17)18-6-1-2-11-24-18)5-3-8-20(28)26-27-22(29)19-7-4-12-30-19/h1-2,4,6-7,9-13,25H,3,5,8H2,(H,26,28)(H,27,29). The monoisotopic (exact) mass is 422 g/mol. The molecule has 4 aromatic rings. The third kappa shape index (κ3) is 4.36. The zero-order valence-corrected chi connectivity index (χ0v) is 16.7. The van der Waals surface area contributed by atoms with Crippen molar-refractivity contribution in [1.29, 1.82) is 0 Å². The Labute approximate surface area is 177 Å². The highest BCUT2D eigenvalue weighted by Crippen LogP contribution is 2.32. The molecule has 7 nitrogen and oxygen atoms in total. The summed E-state index contributed by atoms with van der Waals surface area (Å²) in [4.78, 5) is 31.8. The van der Waals surface area contributed by atoms with Gasteiger partial charge in [-0.15, -0.1) is 0 Å². The summed E-state index contributed by atoms with van der Waals surface area (Å²) in [7, 11) is 0. The second kappa shape index (κ2) is 8.84. The van der Waals surface area contributed by atoms with Gasteiger partial charge in [0.25, 0.3) is 0 Å². The number of furan rings is 1. The summed E-state index contributed by atoms with van der Waals surface area (Å²) in [5.74, 6) is -0.657. The summed E-state index contributed by atoms with van der Waals surface area (Å²) >= 11 is 6.20. The fourth-order valence-electron chi connectivity index (χ4n) is 3.29. The Morgan fingerprint density at radius 2 is 2.00 bits per heavy atom. The van der Waals surface area contributed by atoms with Gasteiger partial charge in [-0.3, -0.25) is 25.4 Å². The van der Waals surface area contributed by atoms with Gasteiger partial charge >= 0.3 is 5.91 Å². The van der Waals surface area contributed by atoms with Crippen LogP contribution in [0.5, 0.6) is 0 Å². The SMILES string of the molecule is O=C(CCCc1c(-c2ccccn2)[nH]c2ccc(Cl)cc12)NNC(=O)c1ccco1. The van der Waals surface area contributed by atoms with Crippen LogP contribution in [-0.2, 0) is 11.2 Å². The number of pyridine rings is 1. The van der Waals surface area contributed by atoms with E-state index in [2.05, 4.69) is 20.8 Å². The van der Waals surface area contributed by atoms with Gasteiger partial charge in [-0.1, -0.05) is 17.7 Å². The highest BCUT2D eigenvalue weighted by atomic mass is 35.5. The number of rotatable bonds is 6. The minimum absolute atomic E-state index is 0.131. The maximum absolute atomic E-state index is 12.1. The molecular weight excluding hydrogens is 404 g/mol. The number of benzene rings is 1. The predicted molar refractivity (Wildman–Crippen MR) is 114 cm³/mol. The Hall–Kier alpha value is -3.58. The van der Waals surface area contributed by atoms with Crippen LogP contribution in [0.4, 0.5) is 0 Å². The number of nitrogens with one attached hydrogen (secondary N) is 3. The lowest BCUT2D eigenvalue weighted by molar-refractivity contribution is -0.121. The summed E-state index contributed by atoms with van der Waals surface area (Å²) < 4.78 is 4.98. The van der Waals surface area contributed by atoms with E-state index in [0.717, 1.165) is 27.9 Å². The van der Waals surface area contributed by atoms with Crippen LogP contribution >= 0.6 is 11.6 Å². The molecule has 3 heterocycles. The normalized spacial score (nSPS) is 10.8. The lowest BCUT2D eigenvalue weighted by Gasteiger charge is -2.07. The number of carbonyl (C=O) groups excluding carboxylic acids is 2. The van der Waals surface area contributed by atoms with Gasteiger partial charge in [-0.05, 0) is 60.9 Å². The molecular formula is C22H19ClN4O3. The summed E-state index contributed by atoms with van der Waals surface area (Å²) in [5, 5.41) is 1.66. The first-order chi connectivity index (χ1) is 14.6. The van der Waals surface area contributed by atoms with E-state index in [1.54, 1.807) is 12.3 Å². The van der Waals surface area contributed by atoms with Crippen molar-refractivity contribution in [2.75, 3.05) is 0 Å². The van der Waals surface area contributed by atoms with E-state index in [-0.39, 0.29) is 18.1 Å². The fourth-order valence-corrected chi connectivity index (χ4v) is 3.47. The van der Waals surface area contributed by atoms with Crippen LogP contribution in [0.25, 0.3) is 22.3 Å². The van der Waals surface area contributed by atoms with Gasteiger partial charge in [-0.25, -0.2) is 0 Å². The van der Waals surface area contributed by atoms with Gasteiger partial charge in [0, 0.05) is 28.5 Å². The Bertz CT molecular complexity index is 1170. The number of hydrazine groups is 1. The van der Waals surface area contributed by atoms with Crippen molar-refractivity contribution in [2.45, 2.75) is 19.3 Å². The minimum Gasteiger partial charge on any atom is -0.459 e. The third-order valence-corrected chi connectivity index (χ3v) is 4.92. The molecule has 1 aromatic carbocycles. The average Bonchev–Trinajstić information content (AvgIpc) is 3.41. The molecule has 152 valence electrons. The lowest BCUT2D eigenvalue weighted by Crippen LogP contribution is -2.41. The second-order valence-corrected chi connectivity index (χ2v) is 7.15. The Balaban J connectivity index is 1.43. The first-order valence-electron chi connectivity index (χ1n) is 9.46. The van der Waals surface area contributed by atoms with Crippen LogP contribution in [0.1, 0.15) is 29.0 Å². The van der Waals surface area contributed by atoms with E-state index >= 15 is 0 Å². The molecule has 0 aliphatic rings. The number of amides is 2. The van der Waals surface area contributed by atoms with E-state index < -0.39 is 5.91 Å². The number of hydrogen-bond donors (Lipinski definition) is 3. The number of aromatic nitrogens is 2. The number of aromatic amines is 1. The van der Waals surface area contributed by atoms with Gasteiger partial charge in [0.2, 0.25) is 5.91 Å². The summed E-state index contributed by atoms with van der Waals surface area (Å²) in [6.07, 6.45) is 4.61. The molecule has 0 spiro atoms. The number of carbonyl (C=O) groups is 2. The number of hydrogen-bond acceptors (Lipinski definition) is 4. The fraction of sp³-hybridized carbons (Fsp3) is 0.136. The zero-order valence-electron chi connectivity index (χ0n) is 15.9. The third-order valence-electron chi connectivity index (χ3n) is 4.68. The van der Waals surface area contributed by atoms with E-state index in [1.165, 1.54) is 12.3 Å². The van der Waals surface area contributed by atoms with Crippen LogP contribution in [-0.4, -0.2) is 21.8 Å². The molecule has 0 aliphatic heterocycles. The van der Waals surface area contributed by atoms with Crippen LogP contribution < -0.4 is 10.9 Å². The zero-order chi connectivity index (χ0) is 20.9. The number of halogens is 1. The van der Waals surface area contributed by atoms with Gasteiger partial charge in [0.15, 0.2) is 5.76 Å². The van der Waals surface area contributed by atoms with Crippen LogP contribution in [0.2, 0.25) is 5.02 Å². The average molecular weight is 423 g/mol. The van der Waals surface area contributed by atoms with E-state index in [9.17, 15) is 9.59 Å². The van der Waals surface area contributed by atoms with E-state index in [0.29, 0.717) is 17.9 Å². The first kappa shape index (κ1) is 19.7. The summed E-state index contributed by atoms with van der Waals surface area (Å²) in [6.45, 7) is 0. The van der Waals surface area contributed by atoms with Crippen LogP contribution in [0.15, 0.2) is 65.4 Å². The largest absolute Gasteiger partial charge is 0.459 e. The molecule has 0 aliphatic carbocycles. The number of aryl methyl sites for hydroxylation is 1. The second-order valence-electron chi connectivity index (χ2n) is 6.72. The van der Waals surface area contributed by atoms with E-state index in [4.69, 9.17) is 16.0 Å². The molecule has 0 radical (unpaired) electrons. The van der Waals surface area contributed by atoms with Crippen molar-refractivity contribution in [1.82, 2.24) is 20.8 Å². The molecule has 3 N–H and O–H groups in total. The highest BCUT2D eigenvalue weighted by molar-refractivity contribution is 6.31. The molecule has 0 saturated carbocycles. The highest BCUT2D eigenvalue weighted by Gasteiger charge is 2.15. The van der Waals surface area contributed by atoms with Crippen molar-refractivity contribution in [3.63, 3.8) is 0 Å². The van der Waals surface area contributed by atoms with Gasteiger partial charge in [0.05, 0.1) is 17.7 Å². The van der Waals surface area contributed by atoms with Gasteiger partial charge in [0.1, 0.15) is 0 Å².